The van der Waals surface area contributed by atoms with Gasteiger partial charge < -0.3 is 0 Å². The molecule has 1 aliphatic heterocycles. The number of phenols is 2. The van der Waals surface area contributed by atoms with Gasteiger partial charge in [-0.2, -0.15) is 49.2 Å². The van der Waals surface area contributed by atoms with Gasteiger partial charge >= 0.3 is 398 Å². The first-order valence-electron chi connectivity index (χ1n) is 31.2. The van der Waals surface area contributed by atoms with Crippen LogP contribution in [0.3, 0.4) is 0 Å². The Morgan fingerprint density at radius 3 is 1.10 bits per heavy atom. The van der Waals surface area contributed by atoms with Crippen molar-refractivity contribution >= 4 is 15.9 Å². The minimum absolute atomic E-state index is 0.0457. The summed E-state index contributed by atoms with van der Waals surface area (Å²) in [6.07, 6.45) is 29.9. The average Bonchev–Trinajstić information content (AvgIpc) is 3.89. The third-order valence-electron chi connectivity index (χ3n) is 22.2. The van der Waals surface area contributed by atoms with Crippen LogP contribution in [0.2, 0.25) is 0 Å². The van der Waals surface area contributed by atoms with Gasteiger partial charge in [-0.25, -0.2) is 0 Å². The Labute approximate surface area is 480 Å². The van der Waals surface area contributed by atoms with Crippen molar-refractivity contribution in [2.24, 2.45) is 33.5 Å². The summed E-state index contributed by atoms with van der Waals surface area (Å²) in [5.74, 6) is 5.29. The standard InChI is InChI=1S/C58H88O2S2.2C7H7.Ti/c1-11-53-25-39-26-54(12-2,33-53)36-57(29-39,35-53)45-23-43(51(5,6)7)21-41(49(45)59)31-61-47-19-17-15-16-18-20-48(47)62-32-42-22-44(52(8,9)10)24-46(50(42)60)58-30-40-27-55(13-3,37-58)34-56(14-4,28-40)38-58;2*1-7-5-3-2-4-6-7;/h21-24,39-40,47-48,59-60H,11-20,25-38H2,1-10H3;2*2-6H,1H2;/q;2*-1;/t39?,40?,47-,48?,53?,54?,55?,56?,57?,58?;;;/m0.../s1. The molecule has 4 aromatic rings. The van der Waals surface area contributed by atoms with Gasteiger partial charge in [-0.1, -0.05) is 12.1 Å². The summed E-state index contributed by atoms with van der Waals surface area (Å²) in [5.41, 5.74) is 12.6. The summed E-state index contributed by atoms with van der Waals surface area (Å²) >= 11 is -0.301. The van der Waals surface area contributed by atoms with Crippen LogP contribution in [0.4, 0.5) is 0 Å². The Morgan fingerprint density at radius 2 is 0.818 bits per heavy atom. The third-order valence-corrected chi connectivity index (χ3v) is 38.2. The maximum atomic E-state index is 13.0. The summed E-state index contributed by atoms with van der Waals surface area (Å²) < 4.78 is 0. The van der Waals surface area contributed by atoms with Gasteiger partial charge in [-0.05, 0) is 0 Å². The first-order chi connectivity index (χ1) is 36.5. The SMILES string of the molecule is CCC12CC3CC(CC)(C1)CC(c1cc(C(C)(C)C)cc(C[S]4=[Ti]=[S](Cc5cc(C(C)(C)C)cc(C67CC8CC(CC)(CC(CC)(C8)C6)C7)c5O)[C@H]5CCCCCCC54)c1O)(C3)C2.[CH2-]c1ccccc1.[CH2-]c1ccccc1. The molecule has 9 saturated carbocycles. The van der Waals surface area contributed by atoms with E-state index >= 15 is 0 Å². The van der Waals surface area contributed by atoms with E-state index in [2.05, 4.69) is 107 Å². The molecule has 1 heterocycles. The van der Waals surface area contributed by atoms with E-state index < -0.39 is 0 Å². The second-order valence-corrected chi connectivity index (χ2v) is 41.3. The molecule has 8 atom stereocenters. The summed E-state index contributed by atoms with van der Waals surface area (Å²) in [6, 6.07) is 29.9. The molecule has 5 heteroatoms. The Morgan fingerprint density at radius 1 is 0.481 bits per heavy atom. The molecule has 7 unspecified atom stereocenters. The Kier molecular flexibility index (Phi) is 16.6. The molecule has 9 fully saturated rings. The Bertz CT molecular complexity index is 2600. The van der Waals surface area contributed by atoms with Crippen molar-refractivity contribution in [2.45, 2.75) is 254 Å². The number of aromatic hydroxyl groups is 2. The summed E-state index contributed by atoms with van der Waals surface area (Å²) in [7, 11) is 0.673. The largest absolute Gasteiger partial charge is 0.199 e. The van der Waals surface area contributed by atoms with Crippen molar-refractivity contribution in [3.05, 3.63) is 143 Å². The fourth-order valence-corrected chi connectivity index (χ4v) is 39.9. The van der Waals surface area contributed by atoms with E-state index in [4.69, 9.17) is 0 Å². The molecule has 0 aromatic heterocycles. The monoisotopic (exact) mass is 1110 g/mol. The zero-order valence-electron chi connectivity index (χ0n) is 50.0. The predicted molar refractivity (Wildman–Crippen MR) is 330 cm³/mol. The van der Waals surface area contributed by atoms with Gasteiger partial charge in [-0.3, -0.25) is 0 Å². The average molecular weight is 1110 g/mol. The van der Waals surface area contributed by atoms with Crippen LogP contribution in [-0.2, 0) is 48.6 Å². The summed E-state index contributed by atoms with van der Waals surface area (Å²) in [5, 5.41) is 27.5. The second-order valence-electron chi connectivity index (χ2n) is 29.8. The van der Waals surface area contributed by atoms with Crippen molar-refractivity contribution in [1.82, 2.24) is 0 Å². The first kappa shape index (κ1) is 57.9. The number of phenolic OH excluding ortho intramolecular Hbond substituents is 2. The van der Waals surface area contributed by atoms with Crippen LogP contribution >= 0.6 is 15.9 Å². The molecule has 2 nitrogen and oxygen atoms in total. The molecule has 2 N–H and O–H groups in total. The normalized spacial score (nSPS) is 35.6. The molecule has 10 aliphatic rings. The van der Waals surface area contributed by atoms with Crippen molar-refractivity contribution in [3.63, 3.8) is 0 Å². The minimum atomic E-state index is -0.301. The molecular formula is C72H102O2S2Ti-2. The van der Waals surface area contributed by atoms with Crippen LogP contribution < -0.4 is 0 Å². The molecule has 77 heavy (non-hydrogen) atoms. The van der Waals surface area contributed by atoms with E-state index in [0.29, 0.717) is 37.6 Å². The van der Waals surface area contributed by atoms with Gasteiger partial charge in [0, 0.05) is 0 Å². The van der Waals surface area contributed by atoms with Gasteiger partial charge in [-0.15, -0.1) is 24.3 Å². The number of hydrogen-bond donors (Lipinski definition) is 2. The third kappa shape index (κ3) is 11.6. The molecule has 0 radical (unpaired) electrons. The van der Waals surface area contributed by atoms with Crippen molar-refractivity contribution in [1.29, 1.82) is 0 Å². The van der Waals surface area contributed by atoms with Crippen LogP contribution in [0.1, 0.15) is 255 Å². The Hall–Kier alpha value is -2.37. The predicted octanol–water partition coefficient (Wildman–Crippen LogP) is 20.7. The maximum absolute atomic E-state index is 13.0. The fraction of sp³-hybridized carbons (Fsp3) is 0.639. The van der Waals surface area contributed by atoms with E-state index in [1.54, 1.807) is 0 Å². The smallest absolute Gasteiger partial charge is 0.0866 e. The minimum Gasteiger partial charge on any atom is -0.199 e. The van der Waals surface area contributed by atoms with Gasteiger partial charge in [0.15, 0.2) is 0 Å². The maximum Gasteiger partial charge on any atom is -0.0866 e. The second kappa shape index (κ2) is 22.1. The van der Waals surface area contributed by atoms with Crippen molar-refractivity contribution in [3.8, 4) is 11.5 Å². The van der Waals surface area contributed by atoms with Gasteiger partial charge in [0.2, 0.25) is 0 Å². The molecule has 4 aromatic carbocycles. The molecule has 8 bridgehead atoms. The number of benzene rings is 4. The van der Waals surface area contributed by atoms with E-state index in [0.717, 1.165) is 56.5 Å². The molecule has 14 rings (SSSR count). The topological polar surface area (TPSA) is 40.5 Å². The molecule has 0 spiro atoms. The van der Waals surface area contributed by atoms with E-state index in [1.165, 1.54) is 175 Å². The molecular weight excluding hydrogens is 1010 g/mol. The molecule has 420 valence electrons. The zero-order chi connectivity index (χ0) is 54.8. The summed E-state index contributed by atoms with van der Waals surface area (Å²) in [4.78, 5) is 0. The van der Waals surface area contributed by atoms with E-state index in [1.807, 2.05) is 60.7 Å². The van der Waals surface area contributed by atoms with Crippen LogP contribution in [-0.4, -0.2) is 20.7 Å². The van der Waals surface area contributed by atoms with Crippen LogP contribution in [0.25, 0.3) is 0 Å². The Balaban J connectivity index is 0.000000418. The number of hydrogen-bond acceptors (Lipinski definition) is 2. The summed E-state index contributed by atoms with van der Waals surface area (Å²) in [6.45, 7) is 31.9. The van der Waals surface area contributed by atoms with Gasteiger partial charge in [0.05, 0.1) is 0 Å². The van der Waals surface area contributed by atoms with E-state index in [9.17, 15) is 10.2 Å². The van der Waals surface area contributed by atoms with E-state index in [-0.39, 0.29) is 37.1 Å². The zero-order valence-corrected chi connectivity index (χ0v) is 53.2. The number of fused-ring (bicyclic) bond motifs is 1. The molecule has 9 aliphatic carbocycles. The van der Waals surface area contributed by atoms with Crippen LogP contribution in [0, 0.1) is 47.3 Å². The van der Waals surface area contributed by atoms with Crippen molar-refractivity contribution in [2.75, 3.05) is 0 Å². The van der Waals surface area contributed by atoms with Gasteiger partial charge in [0.25, 0.3) is 0 Å². The van der Waals surface area contributed by atoms with Crippen molar-refractivity contribution < 1.29 is 25.7 Å². The quantitative estimate of drug-likeness (QED) is 0.123. The van der Waals surface area contributed by atoms with Gasteiger partial charge in [0.1, 0.15) is 0 Å². The molecule has 0 amide bonds. The van der Waals surface area contributed by atoms with Crippen LogP contribution in [0.15, 0.2) is 84.9 Å². The number of rotatable bonds is 10. The fourth-order valence-electron chi connectivity index (χ4n) is 19.0. The molecule has 0 saturated heterocycles. The first-order valence-corrected chi connectivity index (χ1v) is 37.9. The van der Waals surface area contributed by atoms with Crippen LogP contribution in [0.5, 0.6) is 11.5 Å².